The smallest absolute Gasteiger partial charge is 0.370 e. The largest absolute Gasteiger partial charge is 0.401 e. The molecule has 2 aromatic heterocycles. The van der Waals surface area contributed by atoms with Gasteiger partial charge in [0.25, 0.3) is 5.56 Å². The average Bonchev–Trinajstić information content (AvgIpc) is 2.72. The molecule has 0 aliphatic heterocycles. The van der Waals surface area contributed by atoms with Crippen molar-refractivity contribution in [3.8, 4) is 5.69 Å². The fraction of sp³-hybridized carbons (Fsp3) is 0.0952. The second-order valence-corrected chi connectivity index (χ2v) is 6.80. The number of rotatable bonds is 4. The number of fused-ring (bicyclic) bond motifs is 1. The molecule has 0 bridgehead atoms. The van der Waals surface area contributed by atoms with Gasteiger partial charge in [0.2, 0.25) is 0 Å². The number of hydrogen-bond acceptors (Lipinski definition) is 4. The van der Waals surface area contributed by atoms with E-state index in [1.807, 2.05) is 25.1 Å². The third-order valence-electron chi connectivity index (χ3n) is 4.40. The normalized spacial score (nSPS) is 11.0. The van der Waals surface area contributed by atoms with Gasteiger partial charge < -0.3 is 4.84 Å². The van der Waals surface area contributed by atoms with Gasteiger partial charge in [0.1, 0.15) is 6.61 Å². The molecule has 0 saturated heterocycles. The van der Waals surface area contributed by atoms with E-state index in [0.717, 1.165) is 17.2 Å². The maximum atomic E-state index is 14.0. The van der Waals surface area contributed by atoms with E-state index >= 15 is 0 Å². The Morgan fingerprint density at radius 3 is 2.45 bits per heavy atom. The Hall–Kier alpha value is -3.45. The second-order valence-electron chi connectivity index (χ2n) is 6.44. The molecule has 4 rings (SSSR count). The molecule has 0 amide bonds. The zero-order valence-electron chi connectivity index (χ0n) is 15.3. The molecule has 0 aliphatic rings. The van der Waals surface area contributed by atoms with Gasteiger partial charge in [-0.1, -0.05) is 64.4 Å². The van der Waals surface area contributed by atoms with Crippen LogP contribution in [0.15, 0.2) is 70.3 Å². The summed E-state index contributed by atoms with van der Waals surface area (Å²) < 4.78 is 15.8. The van der Waals surface area contributed by atoms with Crippen LogP contribution in [-0.2, 0) is 6.61 Å². The molecule has 146 valence electrons. The van der Waals surface area contributed by atoms with Crippen molar-refractivity contribution in [2.75, 3.05) is 0 Å². The summed E-state index contributed by atoms with van der Waals surface area (Å²) in [6.45, 7) is 1.89. The van der Waals surface area contributed by atoms with E-state index in [2.05, 4.69) is 4.98 Å². The quantitative estimate of drug-likeness (QED) is 0.483. The predicted octanol–water partition coefficient (Wildman–Crippen LogP) is 3.28. The lowest BCUT2D eigenvalue weighted by Gasteiger charge is -2.14. The Morgan fingerprint density at radius 2 is 1.76 bits per heavy atom. The lowest BCUT2D eigenvalue weighted by molar-refractivity contribution is 0.0789. The average molecular weight is 412 g/mol. The van der Waals surface area contributed by atoms with Gasteiger partial charge in [-0.2, -0.15) is 0 Å². The third-order valence-corrected chi connectivity index (χ3v) is 4.67. The molecule has 4 aromatic rings. The molecular formula is C21H15ClFN3O3. The molecule has 0 spiro atoms. The highest BCUT2D eigenvalue weighted by molar-refractivity contribution is 6.29. The fourth-order valence-electron chi connectivity index (χ4n) is 2.92. The molecule has 6 nitrogen and oxygen atoms in total. The summed E-state index contributed by atoms with van der Waals surface area (Å²) in [5.74, 6) is -0.861. The van der Waals surface area contributed by atoms with Crippen molar-refractivity contribution < 1.29 is 9.23 Å². The number of benzene rings is 2. The topological polar surface area (TPSA) is 66.1 Å². The Balaban J connectivity index is 1.96. The van der Waals surface area contributed by atoms with Gasteiger partial charge in [0, 0.05) is 0 Å². The summed E-state index contributed by atoms with van der Waals surface area (Å²) >= 11 is 5.82. The molecule has 0 aliphatic carbocycles. The highest BCUT2D eigenvalue weighted by atomic mass is 35.5. The van der Waals surface area contributed by atoms with Crippen LogP contribution in [0, 0.1) is 12.7 Å². The standard InChI is InChI=1S/C21H15ClFN3O3/c1-13-7-9-15(10-8-13)25-19-16(11-17(23)18(22)24-19)20(27)26(21(25)28)29-12-14-5-3-2-4-6-14/h2-11H,12H2,1H3. The first-order valence-electron chi connectivity index (χ1n) is 8.74. The summed E-state index contributed by atoms with van der Waals surface area (Å²) in [4.78, 5) is 35.4. The summed E-state index contributed by atoms with van der Waals surface area (Å²) in [5.41, 5.74) is 0.565. The van der Waals surface area contributed by atoms with Crippen LogP contribution < -0.4 is 16.1 Å². The number of pyridine rings is 1. The van der Waals surface area contributed by atoms with E-state index in [1.54, 1.807) is 36.4 Å². The zero-order valence-corrected chi connectivity index (χ0v) is 16.1. The number of hydrogen-bond donors (Lipinski definition) is 0. The van der Waals surface area contributed by atoms with Gasteiger partial charge in [-0.25, -0.2) is 18.7 Å². The van der Waals surface area contributed by atoms with Crippen LogP contribution in [0.5, 0.6) is 0 Å². The van der Waals surface area contributed by atoms with Crippen LogP contribution in [0.1, 0.15) is 11.1 Å². The van der Waals surface area contributed by atoms with Gasteiger partial charge in [-0.05, 0) is 30.7 Å². The fourth-order valence-corrected chi connectivity index (χ4v) is 3.05. The van der Waals surface area contributed by atoms with Gasteiger partial charge in [-0.3, -0.25) is 4.79 Å². The first-order chi connectivity index (χ1) is 14.0. The van der Waals surface area contributed by atoms with Crippen molar-refractivity contribution in [2.24, 2.45) is 0 Å². The molecule has 0 radical (unpaired) electrons. The van der Waals surface area contributed by atoms with Gasteiger partial charge >= 0.3 is 5.69 Å². The van der Waals surface area contributed by atoms with Crippen LogP contribution in [0.4, 0.5) is 4.39 Å². The lowest BCUT2D eigenvalue weighted by atomic mass is 10.2. The predicted molar refractivity (Wildman–Crippen MR) is 108 cm³/mol. The maximum Gasteiger partial charge on any atom is 0.370 e. The Labute approximate surface area is 169 Å². The van der Waals surface area contributed by atoms with Crippen molar-refractivity contribution in [1.82, 2.24) is 14.3 Å². The second kappa shape index (κ2) is 7.52. The van der Waals surface area contributed by atoms with E-state index in [4.69, 9.17) is 16.4 Å². The molecule has 29 heavy (non-hydrogen) atoms. The van der Waals surface area contributed by atoms with E-state index in [0.29, 0.717) is 10.4 Å². The van der Waals surface area contributed by atoms with E-state index in [-0.39, 0.29) is 17.6 Å². The molecule has 2 aromatic carbocycles. The zero-order chi connectivity index (χ0) is 20.5. The Morgan fingerprint density at radius 1 is 1.07 bits per heavy atom. The van der Waals surface area contributed by atoms with Gasteiger partial charge in [0.15, 0.2) is 16.6 Å². The van der Waals surface area contributed by atoms with Crippen molar-refractivity contribution in [3.05, 3.63) is 104 Å². The molecule has 8 heteroatoms. The number of nitrogens with zero attached hydrogens (tertiary/aromatic N) is 3. The number of aromatic nitrogens is 3. The molecule has 0 saturated carbocycles. The van der Waals surface area contributed by atoms with E-state index in [1.165, 1.54) is 4.57 Å². The molecular weight excluding hydrogens is 397 g/mol. The minimum Gasteiger partial charge on any atom is -0.401 e. The maximum absolute atomic E-state index is 14.0. The van der Waals surface area contributed by atoms with Crippen molar-refractivity contribution >= 4 is 22.6 Å². The lowest BCUT2D eigenvalue weighted by Crippen LogP contribution is -2.43. The third kappa shape index (κ3) is 3.52. The highest BCUT2D eigenvalue weighted by Gasteiger charge is 2.19. The monoisotopic (exact) mass is 411 g/mol. The SMILES string of the molecule is Cc1ccc(-n2c(=O)n(OCc3ccccc3)c(=O)c3cc(F)c(Cl)nc32)cc1. The number of halogens is 2. The molecule has 0 fully saturated rings. The van der Waals surface area contributed by atoms with Gasteiger partial charge in [-0.15, -0.1) is 0 Å². The van der Waals surface area contributed by atoms with E-state index < -0.39 is 22.2 Å². The van der Waals surface area contributed by atoms with Crippen molar-refractivity contribution in [1.29, 1.82) is 0 Å². The first kappa shape index (κ1) is 18.9. The first-order valence-corrected chi connectivity index (χ1v) is 9.11. The van der Waals surface area contributed by atoms with E-state index in [9.17, 15) is 14.0 Å². The van der Waals surface area contributed by atoms with Crippen LogP contribution in [0.2, 0.25) is 5.15 Å². The molecule has 0 unspecified atom stereocenters. The summed E-state index contributed by atoms with van der Waals surface area (Å²) in [7, 11) is 0. The summed E-state index contributed by atoms with van der Waals surface area (Å²) in [6, 6.07) is 17.0. The molecule has 0 atom stereocenters. The van der Waals surface area contributed by atoms with Crippen molar-refractivity contribution in [2.45, 2.75) is 13.5 Å². The van der Waals surface area contributed by atoms with Crippen LogP contribution in [0.3, 0.4) is 0 Å². The van der Waals surface area contributed by atoms with Crippen molar-refractivity contribution in [3.63, 3.8) is 0 Å². The molecule has 2 heterocycles. The highest BCUT2D eigenvalue weighted by Crippen LogP contribution is 2.18. The van der Waals surface area contributed by atoms with Gasteiger partial charge in [0.05, 0.1) is 11.1 Å². The minimum atomic E-state index is -0.861. The Kier molecular flexibility index (Phi) is 4.90. The summed E-state index contributed by atoms with van der Waals surface area (Å²) in [5, 5.41) is -0.555. The molecule has 0 N–H and O–H groups in total. The Bertz CT molecular complexity index is 1320. The minimum absolute atomic E-state index is 0.0150. The van der Waals surface area contributed by atoms with Crippen LogP contribution in [-0.4, -0.2) is 14.3 Å². The number of aryl methyl sites for hydroxylation is 1. The van der Waals surface area contributed by atoms with Crippen LogP contribution in [0.25, 0.3) is 16.7 Å². The van der Waals surface area contributed by atoms with Crippen LogP contribution >= 0.6 is 11.6 Å². The summed E-state index contributed by atoms with van der Waals surface area (Å²) in [6.07, 6.45) is 0.